The summed E-state index contributed by atoms with van der Waals surface area (Å²) in [5.74, 6) is 1.16. The molecule has 0 aliphatic carbocycles. The van der Waals surface area contributed by atoms with E-state index in [2.05, 4.69) is 38.4 Å². The van der Waals surface area contributed by atoms with Crippen LogP contribution in [0.2, 0.25) is 0 Å². The number of hydrogen-bond donors (Lipinski definition) is 1. The van der Waals surface area contributed by atoms with Gasteiger partial charge in [-0.3, -0.25) is 0 Å². The number of nitrogens with one attached hydrogen (secondary N) is 1. The van der Waals surface area contributed by atoms with Gasteiger partial charge in [-0.2, -0.15) is 0 Å². The summed E-state index contributed by atoms with van der Waals surface area (Å²) in [4.78, 5) is 0. The maximum absolute atomic E-state index is 5.69. The van der Waals surface area contributed by atoms with Crippen molar-refractivity contribution < 1.29 is 4.42 Å². The summed E-state index contributed by atoms with van der Waals surface area (Å²) in [6, 6.07) is 7.89. The van der Waals surface area contributed by atoms with E-state index in [-0.39, 0.29) is 6.04 Å². The Balaban J connectivity index is 2.18. The van der Waals surface area contributed by atoms with Crippen molar-refractivity contribution in [1.29, 1.82) is 0 Å². The highest BCUT2D eigenvalue weighted by atomic mass is 79.9. The molecule has 1 N–H and O–H groups in total. The Morgan fingerprint density at radius 3 is 2.83 bits per heavy atom. The van der Waals surface area contributed by atoms with E-state index in [0.29, 0.717) is 11.8 Å². The van der Waals surface area contributed by atoms with E-state index in [1.165, 1.54) is 0 Å². The smallest absolute Gasteiger partial charge is 0.248 e. The normalized spacial score (nSPS) is 12.6. The minimum absolute atomic E-state index is 0.0775. The van der Waals surface area contributed by atoms with Crippen LogP contribution in [0.3, 0.4) is 0 Å². The predicted octanol–water partition coefficient (Wildman–Crippen LogP) is 3.56. The zero-order chi connectivity index (χ0) is 13.0. The first kappa shape index (κ1) is 13.2. The molecule has 1 aromatic carbocycles. The topological polar surface area (TPSA) is 51.0 Å². The molecule has 0 amide bonds. The second-order valence-electron chi connectivity index (χ2n) is 4.10. The summed E-state index contributed by atoms with van der Waals surface area (Å²) >= 11 is 3.48. The third-order valence-electron chi connectivity index (χ3n) is 2.62. The van der Waals surface area contributed by atoms with Gasteiger partial charge in [-0.1, -0.05) is 19.1 Å². The zero-order valence-electron chi connectivity index (χ0n) is 10.5. The molecule has 0 saturated heterocycles. The number of nitrogens with zero attached hydrogens (tertiary/aromatic N) is 2. The Kier molecular flexibility index (Phi) is 4.49. The maximum atomic E-state index is 5.69. The van der Waals surface area contributed by atoms with E-state index >= 15 is 0 Å². The first-order valence-electron chi connectivity index (χ1n) is 6.04. The first-order chi connectivity index (χ1) is 8.72. The molecule has 18 heavy (non-hydrogen) atoms. The largest absolute Gasteiger partial charge is 0.419 e. The Morgan fingerprint density at radius 1 is 1.33 bits per heavy atom. The van der Waals surface area contributed by atoms with Crippen LogP contribution in [0.25, 0.3) is 11.5 Å². The molecule has 0 fully saturated rings. The maximum Gasteiger partial charge on any atom is 0.248 e. The van der Waals surface area contributed by atoms with Gasteiger partial charge in [-0.15, -0.1) is 10.2 Å². The van der Waals surface area contributed by atoms with Crippen molar-refractivity contribution in [1.82, 2.24) is 15.5 Å². The van der Waals surface area contributed by atoms with E-state index < -0.39 is 0 Å². The number of benzene rings is 1. The Bertz CT molecular complexity index is 512. The number of rotatable bonds is 5. The van der Waals surface area contributed by atoms with Gasteiger partial charge in [-0.25, -0.2) is 0 Å². The molecule has 0 saturated carbocycles. The highest BCUT2D eigenvalue weighted by Gasteiger charge is 2.15. The van der Waals surface area contributed by atoms with Gasteiger partial charge < -0.3 is 9.73 Å². The van der Waals surface area contributed by atoms with Gasteiger partial charge in [0.15, 0.2) is 0 Å². The highest BCUT2D eigenvalue weighted by Crippen LogP contribution is 2.27. The average molecular weight is 310 g/mol. The van der Waals surface area contributed by atoms with Gasteiger partial charge >= 0.3 is 0 Å². The molecular weight excluding hydrogens is 294 g/mol. The van der Waals surface area contributed by atoms with Crippen LogP contribution in [-0.4, -0.2) is 16.7 Å². The second-order valence-corrected chi connectivity index (χ2v) is 4.96. The number of aromatic nitrogens is 2. The zero-order valence-corrected chi connectivity index (χ0v) is 12.1. The van der Waals surface area contributed by atoms with Crippen molar-refractivity contribution in [2.45, 2.75) is 26.3 Å². The fraction of sp³-hybridized carbons (Fsp3) is 0.385. The minimum Gasteiger partial charge on any atom is -0.419 e. The van der Waals surface area contributed by atoms with Crippen LogP contribution < -0.4 is 5.32 Å². The fourth-order valence-electron chi connectivity index (χ4n) is 1.60. The molecule has 4 nitrogen and oxygen atoms in total. The van der Waals surface area contributed by atoms with Gasteiger partial charge in [-0.05, 0) is 48.0 Å². The van der Waals surface area contributed by atoms with Gasteiger partial charge in [0, 0.05) is 4.47 Å². The lowest BCUT2D eigenvalue weighted by molar-refractivity contribution is 0.423. The second kappa shape index (κ2) is 6.11. The molecular formula is C13H16BrN3O. The fourth-order valence-corrected chi connectivity index (χ4v) is 2.06. The number of halogens is 1. The van der Waals surface area contributed by atoms with E-state index in [1.54, 1.807) is 0 Å². The van der Waals surface area contributed by atoms with Crippen molar-refractivity contribution in [3.05, 3.63) is 34.6 Å². The van der Waals surface area contributed by atoms with Crippen LogP contribution in [-0.2, 0) is 0 Å². The minimum atomic E-state index is 0.0775. The van der Waals surface area contributed by atoms with Crippen molar-refractivity contribution in [3.8, 4) is 11.5 Å². The van der Waals surface area contributed by atoms with Gasteiger partial charge in [0.25, 0.3) is 0 Å². The van der Waals surface area contributed by atoms with Crippen molar-refractivity contribution >= 4 is 15.9 Å². The molecule has 1 atom stereocenters. The molecule has 0 bridgehead atoms. The molecule has 0 aliphatic heterocycles. The predicted molar refractivity (Wildman–Crippen MR) is 74.1 cm³/mol. The third-order valence-corrected chi connectivity index (χ3v) is 3.31. The molecule has 96 valence electrons. The van der Waals surface area contributed by atoms with Crippen molar-refractivity contribution in [2.75, 3.05) is 6.54 Å². The molecule has 2 rings (SSSR count). The lowest BCUT2D eigenvalue weighted by atomic mass is 10.2. The monoisotopic (exact) mass is 309 g/mol. The molecule has 2 aromatic rings. The average Bonchev–Trinajstić information content (AvgIpc) is 2.86. The van der Waals surface area contributed by atoms with Gasteiger partial charge in [0.1, 0.15) is 0 Å². The number of hydrogen-bond acceptors (Lipinski definition) is 4. The lowest BCUT2D eigenvalue weighted by Crippen LogP contribution is -2.19. The molecule has 0 radical (unpaired) electrons. The van der Waals surface area contributed by atoms with Gasteiger partial charge in [0.05, 0.1) is 11.6 Å². The van der Waals surface area contributed by atoms with Crippen LogP contribution >= 0.6 is 15.9 Å². The summed E-state index contributed by atoms with van der Waals surface area (Å²) in [6.45, 7) is 5.08. The molecule has 1 heterocycles. The lowest BCUT2D eigenvalue weighted by Gasteiger charge is -2.07. The van der Waals surface area contributed by atoms with E-state index in [4.69, 9.17) is 4.42 Å². The van der Waals surface area contributed by atoms with Crippen LogP contribution in [0.5, 0.6) is 0 Å². The third kappa shape index (κ3) is 2.97. The van der Waals surface area contributed by atoms with E-state index in [9.17, 15) is 0 Å². The molecule has 1 unspecified atom stereocenters. The summed E-state index contributed by atoms with van der Waals surface area (Å²) in [5.41, 5.74) is 0.916. The standard InChI is InChI=1S/C13H16BrN3O/c1-3-8-15-9(2)12-16-17-13(18-12)10-6-4-5-7-11(10)14/h4-7,9,15H,3,8H2,1-2H3. The summed E-state index contributed by atoms with van der Waals surface area (Å²) < 4.78 is 6.65. The van der Waals surface area contributed by atoms with Crippen LogP contribution in [0.1, 0.15) is 32.2 Å². The van der Waals surface area contributed by atoms with Crippen LogP contribution in [0, 0.1) is 0 Å². The Labute approximate surface area is 115 Å². The summed E-state index contributed by atoms with van der Waals surface area (Å²) in [5, 5.41) is 11.5. The van der Waals surface area contributed by atoms with Gasteiger partial charge in [0.2, 0.25) is 11.8 Å². The highest BCUT2D eigenvalue weighted by molar-refractivity contribution is 9.10. The first-order valence-corrected chi connectivity index (χ1v) is 6.83. The van der Waals surface area contributed by atoms with E-state index in [1.807, 2.05) is 31.2 Å². The quantitative estimate of drug-likeness (QED) is 0.917. The van der Waals surface area contributed by atoms with E-state index in [0.717, 1.165) is 23.0 Å². The van der Waals surface area contributed by atoms with Crippen molar-refractivity contribution in [3.63, 3.8) is 0 Å². The van der Waals surface area contributed by atoms with Crippen LogP contribution in [0.4, 0.5) is 0 Å². The molecule has 1 aromatic heterocycles. The summed E-state index contributed by atoms with van der Waals surface area (Å²) in [7, 11) is 0. The Hall–Kier alpha value is -1.20. The summed E-state index contributed by atoms with van der Waals surface area (Å²) in [6.07, 6.45) is 1.08. The van der Waals surface area contributed by atoms with Crippen molar-refractivity contribution in [2.24, 2.45) is 0 Å². The molecule has 0 aliphatic rings. The van der Waals surface area contributed by atoms with Crippen LogP contribution in [0.15, 0.2) is 33.2 Å². The molecule has 0 spiro atoms. The molecule has 5 heteroatoms. The SMILES string of the molecule is CCCNC(C)c1nnc(-c2ccccc2Br)o1. The Morgan fingerprint density at radius 2 is 2.11 bits per heavy atom.